The van der Waals surface area contributed by atoms with Crippen LogP contribution >= 0.6 is 0 Å². The van der Waals surface area contributed by atoms with Gasteiger partial charge in [-0.3, -0.25) is 4.68 Å². The maximum Gasteiger partial charge on any atom is 0.127 e. The molecule has 0 saturated heterocycles. The van der Waals surface area contributed by atoms with E-state index in [4.69, 9.17) is 9.47 Å². The molecule has 1 aromatic carbocycles. The molecule has 21 heavy (non-hydrogen) atoms. The highest BCUT2D eigenvalue weighted by atomic mass is 16.5. The van der Waals surface area contributed by atoms with Crippen molar-refractivity contribution in [3.63, 3.8) is 0 Å². The van der Waals surface area contributed by atoms with Gasteiger partial charge in [0.15, 0.2) is 0 Å². The standard InChI is InChI=1S/C16H23N3O2/c1-4-17-12-13-5-6-15(20-3)11-16(13)21-10-8-14-7-9-18-19(14)2/h5-7,9,11,17H,4,8,10,12H2,1-3H3. The van der Waals surface area contributed by atoms with E-state index in [1.807, 2.05) is 36.0 Å². The predicted molar refractivity (Wildman–Crippen MR) is 82.8 cm³/mol. The van der Waals surface area contributed by atoms with Gasteiger partial charge < -0.3 is 14.8 Å². The van der Waals surface area contributed by atoms with Crippen LogP contribution in [0.2, 0.25) is 0 Å². The van der Waals surface area contributed by atoms with Crippen molar-refractivity contribution in [1.82, 2.24) is 15.1 Å². The molecule has 0 spiro atoms. The first-order valence-electron chi connectivity index (χ1n) is 7.22. The number of nitrogens with zero attached hydrogens (tertiary/aromatic N) is 2. The van der Waals surface area contributed by atoms with Crippen LogP contribution in [0.25, 0.3) is 0 Å². The lowest BCUT2D eigenvalue weighted by Gasteiger charge is -2.13. The highest BCUT2D eigenvalue weighted by Crippen LogP contribution is 2.25. The van der Waals surface area contributed by atoms with Crippen LogP contribution in [0.3, 0.4) is 0 Å². The van der Waals surface area contributed by atoms with Crippen LogP contribution in [0.4, 0.5) is 0 Å². The molecular weight excluding hydrogens is 266 g/mol. The summed E-state index contributed by atoms with van der Waals surface area (Å²) in [5, 5.41) is 7.48. The fraction of sp³-hybridized carbons (Fsp3) is 0.438. The summed E-state index contributed by atoms with van der Waals surface area (Å²) in [6.07, 6.45) is 2.63. The molecule has 0 aliphatic rings. The van der Waals surface area contributed by atoms with E-state index in [1.54, 1.807) is 13.3 Å². The molecule has 0 aliphatic heterocycles. The third-order valence-electron chi connectivity index (χ3n) is 3.38. The lowest BCUT2D eigenvalue weighted by molar-refractivity contribution is 0.311. The summed E-state index contributed by atoms with van der Waals surface area (Å²) in [6, 6.07) is 7.95. The first kappa shape index (κ1) is 15.4. The molecule has 2 aromatic rings. The van der Waals surface area contributed by atoms with Crippen molar-refractivity contribution >= 4 is 0 Å². The lowest BCUT2D eigenvalue weighted by atomic mass is 10.2. The van der Waals surface area contributed by atoms with Crippen LogP contribution < -0.4 is 14.8 Å². The van der Waals surface area contributed by atoms with Gasteiger partial charge in [-0.05, 0) is 18.7 Å². The fourth-order valence-corrected chi connectivity index (χ4v) is 2.11. The van der Waals surface area contributed by atoms with Crippen LogP contribution in [0.5, 0.6) is 11.5 Å². The zero-order chi connectivity index (χ0) is 15.1. The quantitative estimate of drug-likeness (QED) is 0.809. The number of rotatable bonds is 8. The highest BCUT2D eigenvalue weighted by Gasteiger charge is 2.06. The molecule has 1 heterocycles. The minimum absolute atomic E-state index is 0.617. The van der Waals surface area contributed by atoms with Crippen LogP contribution in [-0.2, 0) is 20.0 Å². The van der Waals surface area contributed by atoms with Gasteiger partial charge in [-0.25, -0.2) is 0 Å². The van der Waals surface area contributed by atoms with Crippen LogP contribution in [0.1, 0.15) is 18.2 Å². The predicted octanol–water partition coefficient (Wildman–Crippen LogP) is 2.16. The summed E-state index contributed by atoms with van der Waals surface area (Å²) in [7, 11) is 3.61. The van der Waals surface area contributed by atoms with Gasteiger partial charge in [0.05, 0.1) is 13.7 Å². The van der Waals surface area contributed by atoms with Crippen molar-refractivity contribution in [1.29, 1.82) is 0 Å². The van der Waals surface area contributed by atoms with E-state index < -0.39 is 0 Å². The van der Waals surface area contributed by atoms with Gasteiger partial charge in [-0.2, -0.15) is 5.10 Å². The number of ether oxygens (including phenoxy) is 2. The van der Waals surface area contributed by atoms with E-state index in [-0.39, 0.29) is 0 Å². The molecule has 0 amide bonds. The van der Waals surface area contributed by atoms with E-state index in [2.05, 4.69) is 17.3 Å². The Morgan fingerprint density at radius 1 is 1.29 bits per heavy atom. The summed E-state index contributed by atoms with van der Waals surface area (Å²) in [5.41, 5.74) is 2.30. The second-order valence-electron chi connectivity index (χ2n) is 4.80. The van der Waals surface area contributed by atoms with Gasteiger partial charge in [0.25, 0.3) is 0 Å². The molecule has 0 aliphatic carbocycles. The Hall–Kier alpha value is -2.01. The van der Waals surface area contributed by atoms with Crippen LogP contribution in [-0.4, -0.2) is 30.0 Å². The van der Waals surface area contributed by atoms with Crippen molar-refractivity contribution < 1.29 is 9.47 Å². The fourth-order valence-electron chi connectivity index (χ4n) is 2.11. The maximum atomic E-state index is 5.94. The zero-order valence-electron chi connectivity index (χ0n) is 12.9. The number of aromatic nitrogens is 2. The molecule has 1 N–H and O–H groups in total. The van der Waals surface area contributed by atoms with Gasteiger partial charge >= 0.3 is 0 Å². The summed E-state index contributed by atoms with van der Waals surface area (Å²) in [4.78, 5) is 0. The van der Waals surface area contributed by atoms with Gasteiger partial charge in [-0.1, -0.05) is 13.0 Å². The third-order valence-corrected chi connectivity index (χ3v) is 3.38. The van der Waals surface area contributed by atoms with Crippen molar-refractivity contribution in [3.8, 4) is 11.5 Å². The van der Waals surface area contributed by atoms with Gasteiger partial charge in [0.1, 0.15) is 11.5 Å². The van der Waals surface area contributed by atoms with E-state index in [1.165, 1.54) is 0 Å². The maximum absolute atomic E-state index is 5.94. The number of nitrogens with one attached hydrogen (secondary N) is 1. The Labute approximate surface area is 125 Å². The molecule has 0 atom stereocenters. The molecule has 5 nitrogen and oxygen atoms in total. The van der Waals surface area contributed by atoms with Crippen LogP contribution in [0, 0.1) is 0 Å². The molecule has 0 saturated carbocycles. The van der Waals surface area contributed by atoms with Gasteiger partial charge in [0.2, 0.25) is 0 Å². The summed E-state index contributed by atoms with van der Waals surface area (Å²) in [6.45, 7) is 4.43. The second kappa shape index (κ2) is 7.69. The SMILES string of the molecule is CCNCc1ccc(OC)cc1OCCc1ccnn1C. The minimum Gasteiger partial charge on any atom is -0.497 e. The van der Waals surface area contributed by atoms with Crippen molar-refractivity contribution in [2.24, 2.45) is 7.05 Å². The summed E-state index contributed by atoms with van der Waals surface area (Å²) < 4.78 is 13.1. The topological polar surface area (TPSA) is 48.3 Å². The van der Waals surface area contributed by atoms with Gasteiger partial charge in [-0.15, -0.1) is 0 Å². The van der Waals surface area contributed by atoms with Crippen molar-refractivity contribution in [2.75, 3.05) is 20.3 Å². The first-order valence-corrected chi connectivity index (χ1v) is 7.22. The molecule has 114 valence electrons. The Bertz CT molecular complexity index is 566. The molecule has 0 unspecified atom stereocenters. The Morgan fingerprint density at radius 2 is 2.14 bits per heavy atom. The van der Waals surface area contributed by atoms with E-state index in [0.717, 1.165) is 42.3 Å². The number of methoxy groups -OCH3 is 1. The van der Waals surface area contributed by atoms with Crippen molar-refractivity contribution in [2.45, 2.75) is 19.9 Å². The average molecular weight is 289 g/mol. The lowest BCUT2D eigenvalue weighted by Crippen LogP contribution is -2.14. The minimum atomic E-state index is 0.617. The second-order valence-corrected chi connectivity index (χ2v) is 4.80. The first-order chi connectivity index (χ1) is 10.2. The van der Waals surface area contributed by atoms with Crippen LogP contribution in [0.15, 0.2) is 30.5 Å². The molecule has 2 rings (SSSR count). The number of benzene rings is 1. The Morgan fingerprint density at radius 3 is 2.81 bits per heavy atom. The Balaban J connectivity index is 2.00. The highest BCUT2D eigenvalue weighted by molar-refractivity contribution is 5.40. The smallest absolute Gasteiger partial charge is 0.127 e. The Kier molecular flexibility index (Phi) is 5.63. The summed E-state index contributed by atoms with van der Waals surface area (Å²) >= 11 is 0. The molecule has 0 fully saturated rings. The largest absolute Gasteiger partial charge is 0.497 e. The van der Waals surface area contributed by atoms with E-state index in [9.17, 15) is 0 Å². The number of hydrogen-bond acceptors (Lipinski definition) is 4. The molecule has 1 aromatic heterocycles. The average Bonchev–Trinajstić information content (AvgIpc) is 2.91. The zero-order valence-corrected chi connectivity index (χ0v) is 12.9. The van der Waals surface area contributed by atoms with Gasteiger partial charge in [0, 0.05) is 43.5 Å². The van der Waals surface area contributed by atoms with E-state index >= 15 is 0 Å². The summed E-state index contributed by atoms with van der Waals surface area (Å²) in [5.74, 6) is 1.68. The van der Waals surface area contributed by atoms with Crippen molar-refractivity contribution in [3.05, 3.63) is 41.7 Å². The molecule has 0 radical (unpaired) electrons. The normalized spacial score (nSPS) is 10.6. The molecule has 5 heteroatoms. The number of hydrogen-bond donors (Lipinski definition) is 1. The monoisotopic (exact) mass is 289 g/mol. The molecule has 0 bridgehead atoms. The van der Waals surface area contributed by atoms with E-state index in [0.29, 0.717) is 6.61 Å². The number of aryl methyl sites for hydroxylation is 1. The molecular formula is C16H23N3O2. The third kappa shape index (κ3) is 4.23.